The fourth-order valence-electron chi connectivity index (χ4n) is 11.3. The summed E-state index contributed by atoms with van der Waals surface area (Å²) >= 11 is 0. The minimum atomic E-state index is -1.34. The predicted octanol–water partition coefficient (Wildman–Crippen LogP) is 0.498. The van der Waals surface area contributed by atoms with Crippen molar-refractivity contribution in [3.8, 4) is 0 Å². The van der Waals surface area contributed by atoms with Crippen LogP contribution in [-0.2, 0) is 64.0 Å². The molecule has 0 saturated carbocycles. The lowest BCUT2D eigenvalue weighted by molar-refractivity contribution is -0.137. The Hall–Kier alpha value is -7.80. The van der Waals surface area contributed by atoms with Crippen LogP contribution in [0.1, 0.15) is 192 Å². The number of aromatic amines is 1. The number of benzene rings is 1. The van der Waals surface area contributed by atoms with Gasteiger partial charge in [-0.2, -0.15) is 0 Å². The van der Waals surface area contributed by atoms with Crippen molar-refractivity contribution in [1.29, 1.82) is 0 Å². The molecule has 0 saturated heterocycles. The van der Waals surface area contributed by atoms with E-state index in [1.165, 1.54) is 6.92 Å². The molecule has 2 rings (SSSR count). The quantitative estimate of drug-likeness (QED) is 0.0401. The molecule has 0 spiro atoms. The van der Waals surface area contributed by atoms with Crippen LogP contribution in [0, 0.1) is 35.5 Å². The molecule has 0 bridgehead atoms. The van der Waals surface area contributed by atoms with Crippen molar-refractivity contribution in [3.05, 3.63) is 36.0 Å². The van der Waals surface area contributed by atoms with E-state index in [-0.39, 0.29) is 56.9 Å². The van der Waals surface area contributed by atoms with Gasteiger partial charge >= 0.3 is 0 Å². The maximum atomic E-state index is 14.8. The van der Waals surface area contributed by atoms with E-state index >= 15 is 0 Å². The largest absolute Gasteiger partial charge is 0.368 e. The monoisotopic (exact) mass is 1420 g/mol. The molecule has 1 aromatic heterocycles. The number of hydrogen-bond donors (Lipinski definition) is 18. The molecule has 24 N–H and O–H groups in total. The van der Waals surface area contributed by atoms with Gasteiger partial charge in [-0.25, -0.2) is 0 Å². The Labute approximate surface area is 597 Å². The maximum absolute atomic E-state index is 14.8. The molecular weight excluding hydrogens is 1300 g/mol. The standard InChI is InChI=1S/C71H126N18O12/c1-14-43(11)58(70(100)85-54(37-46-38-78-48-27-17-16-26-47(46)48)65(95)81-50(29-19-23-33-73)62(92)80-49(60(77)90)28-18-22-32-72)88-64(94)52(31-21-25-35-75)83-69(99)57(42(9)10)86-61(91)45(13)79-68(98)56(41(7)8)87-71(101)59(44(12)15-2)89-66(96)53(36-39(3)4)84-63(93)51(30-20-24-34-74)82-67(97)55(76)40(5)6/h16-17,26-27,38-45,49-59,78H,14-15,18-25,28-37,72-76H2,1-13H3,(H2,77,90)(H,79,98)(H,80,92)(H,81,95)(H,82,97)(H,83,99)(H,84,93)(H,85,100)(H,86,91)(H,87,101)(H,88,94)(H,89,96)/t43-,44-,45-,49-,50-,51-,52-,53-,54-,55-,56-,57-,58-,59-/m0/s1. The van der Waals surface area contributed by atoms with Crippen LogP contribution in [0.15, 0.2) is 30.5 Å². The molecule has 0 radical (unpaired) electrons. The summed E-state index contributed by atoms with van der Waals surface area (Å²) in [5.41, 5.74) is 36.3. The molecule has 12 amide bonds. The van der Waals surface area contributed by atoms with Crippen LogP contribution < -0.4 is 92.9 Å². The van der Waals surface area contributed by atoms with Gasteiger partial charge in [0.15, 0.2) is 0 Å². The maximum Gasteiger partial charge on any atom is 0.243 e. The number of primary amides is 1. The summed E-state index contributed by atoms with van der Waals surface area (Å²) in [4.78, 5) is 172. The zero-order valence-corrected chi connectivity index (χ0v) is 62.3. The van der Waals surface area contributed by atoms with Gasteiger partial charge < -0.3 is 97.9 Å². The number of fused-ring (bicyclic) bond motifs is 1. The van der Waals surface area contributed by atoms with Gasteiger partial charge in [-0.15, -0.1) is 0 Å². The van der Waals surface area contributed by atoms with Gasteiger partial charge in [0.2, 0.25) is 70.9 Å². The molecule has 2 aromatic rings. The molecule has 14 atom stereocenters. The summed E-state index contributed by atoms with van der Waals surface area (Å²) in [7, 11) is 0. The summed E-state index contributed by atoms with van der Waals surface area (Å²) in [6, 6.07) is -6.82. The van der Waals surface area contributed by atoms with Gasteiger partial charge in [-0.1, -0.05) is 114 Å². The van der Waals surface area contributed by atoms with E-state index in [4.69, 9.17) is 34.4 Å². The van der Waals surface area contributed by atoms with Gasteiger partial charge in [0.1, 0.15) is 66.5 Å². The average Bonchev–Trinajstić information content (AvgIpc) is 1.74. The second kappa shape index (κ2) is 46.7. The zero-order valence-electron chi connectivity index (χ0n) is 62.3. The first-order valence-corrected chi connectivity index (χ1v) is 36.5. The Balaban J connectivity index is 2.44. The second-order valence-electron chi connectivity index (χ2n) is 28.3. The number of carbonyl (C=O) groups is 12. The Bertz CT molecular complexity index is 2960. The Morgan fingerprint density at radius 3 is 1.17 bits per heavy atom. The molecule has 572 valence electrons. The number of aromatic nitrogens is 1. The molecule has 0 fully saturated rings. The van der Waals surface area contributed by atoms with Crippen LogP contribution in [0.4, 0.5) is 0 Å². The highest BCUT2D eigenvalue weighted by Gasteiger charge is 2.39. The number of nitrogens with two attached hydrogens (primary N) is 6. The summed E-state index contributed by atoms with van der Waals surface area (Å²) in [6.45, 7) is 23.8. The van der Waals surface area contributed by atoms with Crippen molar-refractivity contribution >= 4 is 81.8 Å². The predicted molar refractivity (Wildman–Crippen MR) is 391 cm³/mol. The van der Waals surface area contributed by atoms with Crippen molar-refractivity contribution < 1.29 is 57.5 Å². The Morgan fingerprint density at radius 2 is 0.733 bits per heavy atom. The van der Waals surface area contributed by atoms with Crippen molar-refractivity contribution in [1.82, 2.24) is 63.5 Å². The lowest BCUT2D eigenvalue weighted by Gasteiger charge is -2.31. The van der Waals surface area contributed by atoms with E-state index in [0.717, 1.165) is 10.9 Å². The first-order valence-electron chi connectivity index (χ1n) is 36.5. The van der Waals surface area contributed by atoms with Gasteiger partial charge in [0, 0.05) is 23.5 Å². The molecule has 1 aromatic carbocycles. The molecule has 1 heterocycles. The number of nitrogens with one attached hydrogen (secondary N) is 12. The van der Waals surface area contributed by atoms with E-state index in [1.807, 2.05) is 52.0 Å². The van der Waals surface area contributed by atoms with Gasteiger partial charge in [0.25, 0.3) is 0 Å². The number of para-hydroxylation sites is 1. The molecule has 30 nitrogen and oxygen atoms in total. The third-order valence-corrected chi connectivity index (χ3v) is 18.3. The van der Waals surface area contributed by atoms with Crippen LogP contribution in [0.2, 0.25) is 0 Å². The van der Waals surface area contributed by atoms with E-state index in [9.17, 15) is 57.5 Å². The van der Waals surface area contributed by atoms with Gasteiger partial charge in [-0.05, 0) is 164 Å². The van der Waals surface area contributed by atoms with Crippen molar-refractivity contribution in [2.45, 2.75) is 265 Å². The fraction of sp³-hybridized carbons (Fsp3) is 0.718. The van der Waals surface area contributed by atoms with Crippen molar-refractivity contribution in [3.63, 3.8) is 0 Å². The number of carbonyl (C=O) groups excluding carboxylic acids is 12. The molecule has 0 unspecified atom stereocenters. The number of H-pyrrole nitrogens is 1. The van der Waals surface area contributed by atoms with Crippen molar-refractivity contribution in [2.75, 3.05) is 26.2 Å². The first-order chi connectivity index (χ1) is 47.7. The molecule has 0 aliphatic heterocycles. The Morgan fingerprint density at radius 1 is 0.386 bits per heavy atom. The van der Waals surface area contributed by atoms with E-state index < -0.39 is 167 Å². The third-order valence-electron chi connectivity index (χ3n) is 18.3. The van der Waals surface area contributed by atoms with Crippen LogP contribution in [0.25, 0.3) is 10.9 Å². The topological polar surface area (TPSA) is 509 Å². The van der Waals surface area contributed by atoms with Crippen LogP contribution in [0.5, 0.6) is 0 Å². The summed E-state index contributed by atoms with van der Waals surface area (Å²) in [5, 5.41) is 31.3. The fourth-order valence-corrected chi connectivity index (χ4v) is 11.3. The minimum Gasteiger partial charge on any atom is -0.368 e. The summed E-state index contributed by atoms with van der Waals surface area (Å²) in [6.07, 6.45) is 7.20. The highest BCUT2D eigenvalue weighted by atomic mass is 16.2. The van der Waals surface area contributed by atoms with Crippen LogP contribution >= 0.6 is 0 Å². The molecule has 0 aliphatic rings. The highest BCUT2D eigenvalue weighted by molar-refractivity contribution is 6.00. The van der Waals surface area contributed by atoms with E-state index in [1.54, 1.807) is 61.6 Å². The molecule has 0 aliphatic carbocycles. The van der Waals surface area contributed by atoms with E-state index in [0.29, 0.717) is 89.4 Å². The third kappa shape index (κ3) is 30.7. The summed E-state index contributed by atoms with van der Waals surface area (Å²) < 4.78 is 0. The first kappa shape index (κ1) is 89.3. The lowest BCUT2D eigenvalue weighted by Crippen LogP contribution is -2.62. The van der Waals surface area contributed by atoms with E-state index in [2.05, 4.69) is 63.5 Å². The molecule has 30 heteroatoms. The number of amides is 12. The normalized spacial score (nSPS) is 15.7. The number of hydrogen-bond acceptors (Lipinski definition) is 17. The minimum absolute atomic E-state index is 0.0581. The average molecular weight is 1420 g/mol. The smallest absolute Gasteiger partial charge is 0.243 e. The van der Waals surface area contributed by atoms with Gasteiger partial charge in [0.05, 0.1) is 6.04 Å². The van der Waals surface area contributed by atoms with Crippen LogP contribution in [0.3, 0.4) is 0 Å². The molecule has 101 heavy (non-hydrogen) atoms. The molecular formula is C71H126N18O12. The number of rotatable bonds is 50. The highest BCUT2D eigenvalue weighted by Crippen LogP contribution is 2.21. The zero-order chi connectivity index (χ0) is 76.2. The Kier molecular flexibility index (Phi) is 41.2. The van der Waals surface area contributed by atoms with Gasteiger partial charge in [-0.3, -0.25) is 57.5 Å². The second-order valence-corrected chi connectivity index (χ2v) is 28.3. The summed E-state index contributed by atoms with van der Waals surface area (Å²) in [5.74, 6) is -11.0. The van der Waals surface area contributed by atoms with Crippen LogP contribution in [-0.4, -0.2) is 175 Å². The van der Waals surface area contributed by atoms with Crippen molar-refractivity contribution in [2.24, 2.45) is 69.9 Å². The SMILES string of the molecule is CC[C@H](C)[C@H](NC(=O)[C@H](CCCCN)NC(=O)[C@@H](NC(=O)[C@H](C)NC(=O)[C@@H](NC(=O)[C@@H](NC(=O)[C@H](CC(C)C)NC(=O)[C@H](CCCCN)NC(=O)[C@@H](N)C(C)C)[C@@H](C)CC)C(C)C)C(C)C)C(=O)N[C@@H](Cc1c[nH]c2ccccc12)C(=O)N[C@@H](CCCCN)C(=O)N[C@@H](CCCCN)C(N)=O. The lowest BCUT2D eigenvalue weighted by atomic mass is 9.95. The number of unbranched alkanes of at least 4 members (excludes halogenated alkanes) is 4.